The van der Waals surface area contributed by atoms with Crippen LogP contribution in [0.5, 0.6) is 0 Å². The summed E-state index contributed by atoms with van der Waals surface area (Å²) in [7, 11) is 0. The molecule has 2 aliphatic rings. The Morgan fingerprint density at radius 1 is 0.371 bits per heavy atom. The molecule has 0 atom stereocenters. The maximum Gasteiger partial charge on any atom is 0.213 e. The number of nitrogens with zero attached hydrogens (tertiary/aromatic N) is 1. The summed E-state index contributed by atoms with van der Waals surface area (Å²) in [6.45, 7) is 0.798. The molecule has 0 saturated carbocycles. The first kappa shape index (κ1) is 21.1. The van der Waals surface area contributed by atoms with Crippen molar-refractivity contribution < 1.29 is 4.57 Å². The van der Waals surface area contributed by atoms with Gasteiger partial charge in [-0.3, -0.25) is 0 Å². The lowest BCUT2D eigenvalue weighted by molar-refractivity contribution is -0.666. The Kier molecular flexibility index (Phi) is 5.66. The fourth-order valence-electron chi connectivity index (χ4n) is 4.88. The summed E-state index contributed by atoms with van der Waals surface area (Å²) >= 11 is 0. The topological polar surface area (TPSA) is 3.88 Å². The van der Waals surface area contributed by atoms with Gasteiger partial charge < -0.3 is 0 Å². The third-order valence-electron chi connectivity index (χ3n) is 6.59. The van der Waals surface area contributed by atoms with E-state index in [4.69, 9.17) is 0 Å². The Morgan fingerprint density at radius 2 is 0.829 bits per heavy atom. The minimum absolute atomic E-state index is 0.798. The fraction of sp³-hybridized carbons (Fsp3) is 0.0294. The van der Waals surface area contributed by atoms with Crippen LogP contribution in [0.4, 0.5) is 0 Å². The second-order valence-electron chi connectivity index (χ2n) is 8.85. The lowest BCUT2D eigenvalue weighted by atomic mass is 9.97. The lowest BCUT2D eigenvalue weighted by Gasteiger charge is -2.13. The Bertz CT molecular complexity index is 1480. The Labute approximate surface area is 206 Å². The van der Waals surface area contributed by atoms with Crippen LogP contribution in [0.2, 0.25) is 0 Å². The van der Waals surface area contributed by atoms with Crippen molar-refractivity contribution >= 4 is 0 Å². The van der Waals surface area contributed by atoms with Gasteiger partial charge in [-0.05, 0) is 46.5 Å². The van der Waals surface area contributed by atoms with Crippen molar-refractivity contribution in [2.75, 3.05) is 0 Å². The van der Waals surface area contributed by atoms with E-state index in [1.807, 2.05) is 0 Å². The predicted molar refractivity (Wildman–Crippen MR) is 145 cm³/mol. The second kappa shape index (κ2) is 9.40. The number of pyridine rings is 1. The highest BCUT2D eigenvalue weighted by Crippen LogP contribution is 2.37. The quantitative estimate of drug-likeness (QED) is 0.234. The van der Waals surface area contributed by atoms with E-state index >= 15 is 0 Å². The average Bonchev–Trinajstić information content (AvgIpc) is 3.18. The van der Waals surface area contributed by atoms with Crippen molar-refractivity contribution in [3.05, 3.63) is 151 Å². The predicted octanol–water partition coefficient (Wildman–Crippen LogP) is 8.13. The molecule has 1 heteroatoms. The van der Waals surface area contributed by atoms with Crippen LogP contribution in [0.15, 0.2) is 146 Å². The Morgan fingerprint density at radius 3 is 1.40 bits per heavy atom. The molecule has 166 valence electrons. The highest BCUT2D eigenvalue weighted by molar-refractivity contribution is 5.88. The summed E-state index contributed by atoms with van der Waals surface area (Å²) in [6.07, 6.45) is 0. The van der Waals surface area contributed by atoms with E-state index in [0.29, 0.717) is 0 Å². The first-order valence-electron chi connectivity index (χ1n) is 12.1. The van der Waals surface area contributed by atoms with Crippen molar-refractivity contribution in [3.8, 4) is 44.8 Å². The molecule has 0 saturated heterocycles. The minimum atomic E-state index is 0.798. The van der Waals surface area contributed by atoms with Gasteiger partial charge in [-0.2, -0.15) is 4.57 Å². The highest BCUT2D eigenvalue weighted by Gasteiger charge is 2.24. The summed E-state index contributed by atoms with van der Waals surface area (Å²) in [5, 5.41) is 0. The number of aromatic nitrogens is 1. The molecular weight excluding hydrogens is 422 g/mol. The van der Waals surface area contributed by atoms with E-state index in [-0.39, 0.29) is 0 Å². The molecule has 0 bridgehead atoms. The summed E-state index contributed by atoms with van der Waals surface area (Å²) in [5.74, 6) is 0. The summed E-state index contributed by atoms with van der Waals surface area (Å²) in [4.78, 5) is 0. The molecule has 0 fully saturated rings. The van der Waals surface area contributed by atoms with Crippen molar-refractivity contribution in [1.82, 2.24) is 0 Å². The number of hydrogen-bond acceptors (Lipinski definition) is 0. The van der Waals surface area contributed by atoms with Crippen LogP contribution in [0, 0.1) is 0 Å². The smallest absolute Gasteiger partial charge is 0.187 e. The van der Waals surface area contributed by atoms with E-state index in [9.17, 15) is 0 Å². The number of benzene rings is 3. The number of rotatable bonds is 5. The van der Waals surface area contributed by atoms with Gasteiger partial charge in [0.25, 0.3) is 0 Å². The van der Waals surface area contributed by atoms with Crippen molar-refractivity contribution in [2.24, 2.45) is 0 Å². The molecule has 2 aliphatic carbocycles. The number of hydrogen-bond donors (Lipinski definition) is 0. The lowest BCUT2D eigenvalue weighted by Crippen LogP contribution is -2.39. The molecule has 4 aromatic rings. The normalized spacial score (nSPS) is 11.0. The van der Waals surface area contributed by atoms with Crippen molar-refractivity contribution in [1.29, 1.82) is 0 Å². The third kappa shape index (κ3) is 4.25. The number of fused-ring (bicyclic) bond motifs is 1. The molecule has 1 aromatic heterocycles. The first-order chi connectivity index (χ1) is 17.4. The monoisotopic (exact) mass is 448 g/mol. The van der Waals surface area contributed by atoms with Crippen LogP contribution in [0.1, 0.15) is 5.56 Å². The first-order valence-corrected chi connectivity index (χ1v) is 12.1. The highest BCUT2D eigenvalue weighted by atomic mass is 15.0. The van der Waals surface area contributed by atoms with Gasteiger partial charge in [0.2, 0.25) is 11.4 Å². The van der Waals surface area contributed by atoms with Gasteiger partial charge in [-0.1, -0.05) is 109 Å². The minimum Gasteiger partial charge on any atom is -0.187 e. The molecule has 3 aromatic carbocycles. The molecule has 35 heavy (non-hydrogen) atoms. The molecule has 0 aliphatic heterocycles. The van der Waals surface area contributed by atoms with Crippen LogP contribution >= 0.6 is 0 Å². The molecule has 0 spiro atoms. The fourth-order valence-corrected chi connectivity index (χ4v) is 4.88. The van der Waals surface area contributed by atoms with Gasteiger partial charge in [0.05, 0.1) is 0 Å². The van der Waals surface area contributed by atoms with Gasteiger partial charge in [0.15, 0.2) is 6.54 Å². The van der Waals surface area contributed by atoms with Gasteiger partial charge in [-0.25, -0.2) is 0 Å². The average molecular weight is 449 g/mol. The summed E-state index contributed by atoms with van der Waals surface area (Å²) in [6, 6.07) is 52.1. The van der Waals surface area contributed by atoms with Crippen LogP contribution in [-0.2, 0) is 6.54 Å². The van der Waals surface area contributed by atoms with Gasteiger partial charge in [0, 0.05) is 28.8 Å². The Balaban J connectivity index is 1.64. The largest absolute Gasteiger partial charge is 0.213 e. The zero-order chi connectivity index (χ0) is 23.5. The van der Waals surface area contributed by atoms with E-state index in [1.165, 1.54) is 50.3 Å². The SMILES string of the molecule is c1ccc(C[n+]2c(-c3ccccc3)cc(-c3ccc4cccccc3-4)cc2-c2ccccc2)cc1. The molecule has 0 radical (unpaired) electrons. The van der Waals surface area contributed by atoms with Gasteiger partial charge in [-0.15, -0.1) is 0 Å². The summed E-state index contributed by atoms with van der Waals surface area (Å²) < 4.78 is 2.45. The second-order valence-corrected chi connectivity index (χ2v) is 8.85. The molecule has 1 heterocycles. The van der Waals surface area contributed by atoms with Crippen molar-refractivity contribution in [2.45, 2.75) is 6.54 Å². The zero-order valence-corrected chi connectivity index (χ0v) is 19.5. The van der Waals surface area contributed by atoms with E-state index in [2.05, 4.69) is 150 Å². The van der Waals surface area contributed by atoms with E-state index in [1.54, 1.807) is 0 Å². The van der Waals surface area contributed by atoms with Gasteiger partial charge >= 0.3 is 0 Å². The molecule has 6 rings (SSSR count). The van der Waals surface area contributed by atoms with Crippen molar-refractivity contribution in [3.63, 3.8) is 0 Å². The molecule has 0 amide bonds. The standard InChI is InChI=1S/C34H26N/c1-5-13-26(14-6-1)25-35-33(28-16-8-2-9-17-28)23-30(24-34(35)29-18-10-3-11-19-29)32-22-21-27-15-7-4-12-20-31(27)32/h1-24H,25H2/q+1. The maximum absolute atomic E-state index is 2.45. The Hall–Kier alpha value is -4.49. The van der Waals surface area contributed by atoms with E-state index < -0.39 is 0 Å². The van der Waals surface area contributed by atoms with Crippen LogP contribution in [0.3, 0.4) is 0 Å². The third-order valence-corrected chi connectivity index (χ3v) is 6.59. The van der Waals surface area contributed by atoms with Crippen LogP contribution < -0.4 is 4.57 Å². The maximum atomic E-state index is 2.45. The molecule has 0 unspecified atom stereocenters. The van der Waals surface area contributed by atoms with E-state index in [0.717, 1.165) is 6.54 Å². The molecule has 0 N–H and O–H groups in total. The molecule has 1 nitrogen and oxygen atoms in total. The molecular formula is C34H26N+. The van der Waals surface area contributed by atoms with Crippen LogP contribution in [0.25, 0.3) is 44.8 Å². The zero-order valence-electron chi connectivity index (χ0n) is 19.5. The van der Waals surface area contributed by atoms with Gasteiger partial charge in [0.1, 0.15) is 0 Å². The summed E-state index contributed by atoms with van der Waals surface area (Å²) in [5.41, 5.74) is 11.1. The van der Waals surface area contributed by atoms with Crippen LogP contribution in [-0.4, -0.2) is 0 Å².